The minimum absolute atomic E-state index is 0.182. The van der Waals surface area contributed by atoms with Gasteiger partial charge in [-0.3, -0.25) is 0 Å². The fraction of sp³-hybridized carbons (Fsp3) is 0.571. The van der Waals surface area contributed by atoms with Gasteiger partial charge in [-0.05, 0) is 58.1 Å². The summed E-state index contributed by atoms with van der Waals surface area (Å²) in [5, 5.41) is 8.86. The highest BCUT2D eigenvalue weighted by Crippen LogP contribution is 2.26. The summed E-state index contributed by atoms with van der Waals surface area (Å²) in [6.07, 6.45) is 5.28. The van der Waals surface area contributed by atoms with Gasteiger partial charge in [-0.25, -0.2) is 4.98 Å². The first kappa shape index (κ1) is 19.1. The molecule has 0 unspecified atom stereocenters. The summed E-state index contributed by atoms with van der Waals surface area (Å²) in [6.45, 7) is 5.27. The smallest absolute Gasteiger partial charge is 0.226 e. The quantitative estimate of drug-likeness (QED) is 0.716. The van der Waals surface area contributed by atoms with Crippen LogP contribution in [-0.4, -0.2) is 35.5 Å². The van der Waals surface area contributed by atoms with E-state index < -0.39 is 0 Å². The van der Waals surface area contributed by atoms with Crippen molar-refractivity contribution in [3.8, 4) is 11.5 Å². The van der Waals surface area contributed by atoms with Crippen LogP contribution in [0.4, 0.5) is 0 Å². The van der Waals surface area contributed by atoms with E-state index in [-0.39, 0.29) is 18.8 Å². The number of oxazole rings is 1. The Hall–Kier alpha value is -1.69. The normalized spacial score (nSPS) is 20.4. The van der Waals surface area contributed by atoms with Gasteiger partial charge in [-0.1, -0.05) is 17.7 Å². The summed E-state index contributed by atoms with van der Waals surface area (Å²) in [6, 6.07) is 8.16. The zero-order valence-electron chi connectivity index (χ0n) is 15.7. The van der Waals surface area contributed by atoms with Crippen LogP contribution in [0.2, 0.25) is 0 Å². The van der Waals surface area contributed by atoms with Crippen molar-refractivity contribution in [2.75, 3.05) is 13.2 Å². The van der Waals surface area contributed by atoms with Gasteiger partial charge >= 0.3 is 0 Å². The summed E-state index contributed by atoms with van der Waals surface area (Å²) >= 11 is 0. The molecule has 1 aliphatic carbocycles. The molecule has 1 aromatic carbocycles. The molecular formula is C21H29NO4. The van der Waals surface area contributed by atoms with Gasteiger partial charge in [0.1, 0.15) is 11.5 Å². The van der Waals surface area contributed by atoms with Crippen LogP contribution in [0.15, 0.2) is 28.7 Å². The third-order valence-electron chi connectivity index (χ3n) is 4.85. The van der Waals surface area contributed by atoms with Gasteiger partial charge in [0.25, 0.3) is 0 Å². The molecular weight excluding hydrogens is 330 g/mol. The molecule has 0 saturated heterocycles. The van der Waals surface area contributed by atoms with Crippen molar-refractivity contribution in [1.29, 1.82) is 0 Å². The highest BCUT2D eigenvalue weighted by molar-refractivity contribution is 5.54. The van der Waals surface area contributed by atoms with Gasteiger partial charge in [0, 0.05) is 18.8 Å². The van der Waals surface area contributed by atoms with Crippen molar-refractivity contribution < 1.29 is 19.0 Å². The van der Waals surface area contributed by atoms with Crippen molar-refractivity contribution in [2.24, 2.45) is 0 Å². The second-order valence-electron chi connectivity index (χ2n) is 7.06. The van der Waals surface area contributed by atoms with Gasteiger partial charge in [0.15, 0.2) is 0 Å². The van der Waals surface area contributed by atoms with Crippen LogP contribution in [-0.2, 0) is 16.1 Å². The number of benzene rings is 1. The lowest BCUT2D eigenvalue weighted by molar-refractivity contribution is -0.0528. The standard InChI is InChI=1S/C21H29NO4/c1-15-6-3-7-17(12-15)21-22-20(16(2)26-21)14-25-19-9-4-8-18(13-19)24-11-5-10-23/h3,6-7,12,18-19,23H,4-5,8-11,13-14H2,1-2H3/t18-,19+/m1/s1. The predicted octanol–water partition coefficient (Wildman–Crippen LogP) is 4.19. The molecule has 1 aliphatic rings. The number of ether oxygens (including phenoxy) is 2. The largest absolute Gasteiger partial charge is 0.441 e. The van der Waals surface area contributed by atoms with E-state index >= 15 is 0 Å². The topological polar surface area (TPSA) is 64.7 Å². The Labute approximate surface area is 155 Å². The van der Waals surface area contributed by atoms with E-state index in [1.54, 1.807) is 0 Å². The van der Waals surface area contributed by atoms with Crippen LogP contribution in [0.5, 0.6) is 0 Å². The Morgan fingerprint density at radius 3 is 2.77 bits per heavy atom. The maximum atomic E-state index is 8.86. The number of hydrogen-bond acceptors (Lipinski definition) is 5. The van der Waals surface area contributed by atoms with Gasteiger partial charge in [-0.2, -0.15) is 0 Å². The highest BCUT2D eigenvalue weighted by atomic mass is 16.5. The van der Waals surface area contributed by atoms with E-state index in [9.17, 15) is 0 Å². The lowest BCUT2D eigenvalue weighted by Gasteiger charge is -2.29. The molecule has 1 fully saturated rings. The Kier molecular flexibility index (Phi) is 6.83. The predicted molar refractivity (Wildman–Crippen MR) is 99.9 cm³/mol. The maximum absolute atomic E-state index is 8.86. The van der Waals surface area contributed by atoms with Gasteiger partial charge in [0.2, 0.25) is 5.89 Å². The molecule has 0 aliphatic heterocycles. The molecule has 0 spiro atoms. The molecule has 2 atom stereocenters. The first-order valence-electron chi connectivity index (χ1n) is 9.53. The van der Waals surface area contributed by atoms with Crippen LogP contribution >= 0.6 is 0 Å². The fourth-order valence-electron chi connectivity index (χ4n) is 3.38. The molecule has 1 aromatic heterocycles. The second-order valence-corrected chi connectivity index (χ2v) is 7.06. The van der Waals surface area contributed by atoms with Gasteiger partial charge in [-0.15, -0.1) is 0 Å². The molecule has 2 aromatic rings. The average molecular weight is 359 g/mol. The molecule has 1 N–H and O–H groups in total. The van der Waals surface area contributed by atoms with Crippen LogP contribution < -0.4 is 0 Å². The second kappa shape index (κ2) is 9.31. The summed E-state index contributed by atoms with van der Waals surface area (Å²) in [5.41, 5.74) is 3.05. The molecule has 0 bridgehead atoms. The van der Waals surface area contributed by atoms with Crippen LogP contribution in [0, 0.1) is 13.8 Å². The molecule has 1 saturated carbocycles. The number of hydrogen-bond donors (Lipinski definition) is 1. The SMILES string of the molecule is Cc1cccc(-c2nc(CO[C@H]3CCC[C@@H](OCCCO)C3)c(C)o2)c1. The maximum Gasteiger partial charge on any atom is 0.226 e. The molecule has 5 nitrogen and oxygen atoms in total. The van der Waals surface area contributed by atoms with E-state index in [1.807, 2.05) is 19.1 Å². The molecule has 0 amide bonds. The lowest BCUT2D eigenvalue weighted by atomic mass is 9.95. The third-order valence-corrected chi connectivity index (χ3v) is 4.85. The first-order chi connectivity index (χ1) is 12.7. The zero-order valence-corrected chi connectivity index (χ0v) is 15.7. The number of nitrogens with zero attached hydrogens (tertiary/aromatic N) is 1. The third kappa shape index (κ3) is 5.16. The van der Waals surface area contributed by atoms with E-state index in [1.165, 1.54) is 5.56 Å². The molecule has 5 heteroatoms. The number of aromatic nitrogens is 1. The summed E-state index contributed by atoms with van der Waals surface area (Å²) in [7, 11) is 0. The minimum Gasteiger partial charge on any atom is -0.441 e. The zero-order chi connectivity index (χ0) is 18.4. The van der Waals surface area contributed by atoms with Crippen LogP contribution in [0.3, 0.4) is 0 Å². The van der Waals surface area contributed by atoms with Crippen molar-refractivity contribution in [3.05, 3.63) is 41.3 Å². The molecule has 142 valence electrons. The Balaban J connectivity index is 1.54. The number of aliphatic hydroxyl groups excluding tert-OH is 1. The Morgan fingerprint density at radius 1 is 1.19 bits per heavy atom. The van der Waals surface area contributed by atoms with Gasteiger partial charge in [0.05, 0.1) is 18.8 Å². The van der Waals surface area contributed by atoms with E-state index in [0.29, 0.717) is 25.5 Å². The lowest BCUT2D eigenvalue weighted by Crippen LogP contribution is -2.28. The highest BCUT2D eigenvalue weighted by Gasteiger charge is 2.24. The van der Waals surface area contributed by atoms with Crippen molar-refractivity contribution in [3.63, 3.8) is 0 Å². The van der Waals surface area contributed by atoms with E-state index in [4.69, 9.17) is 19.0 Å². The number of aliphatic hydroxyl groups is 1. The van der Waals surface area contributed by atoms with E-state index in [0.717, 1.165) is 42.7 Å². The molecule has 0 radical (unpaired) electrons. The first-order valence-corrected chi connectivity index (χ1v) is 9.53. The van der Waals surface area contributed by atoms with E-state index in [2.05, 4.69) is 24.0 Å². The number of rotatable bonds is 8. The van der Waals surface area contributed by atoms with Gasteiger partial charge < -0.3 is 19.0 Å². The fourth-order valence-corrected chi connectivity index (χ4v) is 3.38. The molecule has 3 rings (SSSR count). The van der Waals surface area contributed by atoms with Crippen molar-refractivity contribution in [1.82, 2.24) is 4.98 Å². The minimum atomic E-state index is 0.182. The van der Waals surface area contributed by atoms with Crippen molar-refractivity contribution in [2.45, 2.75) is 64.8 Å². The summed E-state index contributed by atoms with van der Waals surface area (Å²) in [4.78, 5) is 4.63. The molecule has 26 heavy (non-hydrogen) atoms. The molecule has 1 heterocycles. The van der Waals surface area contributed by atoms with Crippen LogP contribution in [0.1, 0.15) is 49.1 Å². The average Bonchev–Trinajstić information content (AvgIpc) is 3.01. The van der Waals surface area contributed by atoms with Crippen molar-refractivity contribution >= 4 is 0 Å². The summed E-state index contributed by atoms with van der Waals surface area (Å²) < 4.78 is 17.8. The Bertz CT molecular complexity index is 697. The number of aryl methyl sites for hydroxylation is 2. The summed E-state index contributed by atoms with van der Waals surface area (Å²) in [5.74, 6) is 1.46. The van der Waals surface area contributed by atoms with Crippen LogP contribution in [0.25, 0.3) is 11.5 Å². The Morgan fingerprint density at radius 2 is 2.00 bits per heavy atom. The monoisotopic (exact) mass is 359 g/mol.